The van der Waals surface area contributed by atoms with Crippen LogP contribution in [-0.2, 0) is 72.0 Å². The van der Waals surface area contributed by atoms with Crippen LogP contribution in [0.2, 0.25) is 5.02 Å². The molecule has 0 aliphatic carbocycles. The van der Waals surface area contributed by atoms with Crippen LogP contribution < -0.4 is 21.3 Å². The third-order valence-corrected chi connectivity index (χ3v) is 21.0. The molecule has 0 spiro atoms. The highest BCUT2D eigenvalue weighted by atomic mass is 35.5. The van der Waals surface area contributed by atoms with E-state index < -0.39 is 151 Å². The molecule has 7 rings (SSSR count). The van der Waals surface area contributed by atoms with Crippen LogP contribution in [0.4, 0.5) is 0 Å². The topological polar surface area (TPSA) is 382 Å². The molecule has 532 valence electrons. The molecule has 30 heteroatoms. The minimum Gasteiger partial charge on any atom is -0.506 e. The zero-order valence-electron chi connectivity index (χ0n) is 55.3. The number of hydrogen-bond donors (Lipinski definition) is 10. The molecule has 4 aliphatic heterocycles. The molecule has 10 N–H and O–H groups in total. The number of nitrogens with zero attached hydrogens (tertiary/aromatic N) is 6. The maximum Gasteiger partial charge on any atom is 0.320 e. The molecule has 1 aromatic heterocycles. The standard InChI is InChI=1S/C67H94ClN11O16S2/c1-41(2)25-45-30-58(83)52(34-61(86)87)73-64(91)46(26-44-11-13-56(81)50(68)27-44)32-59(84)55-33-49(80)36-79(55)66(93)53(39-97-96-38-42(3)71-63(45)90)74-65(92)47(29-48-35-69-40-70-48)31-57(82)51(28-43-9-5-4-6-10-43)72-60(85)14-12-54(67(94)95)78-18-8-16-75-19-20-76(23-24-78)15-7-17-77(22-21-75)37-62(88)89/h4-6,9-11,13,27,35,40-42,45-47,49,51-55,80-81H,7-8,12,14-26,28-34,36-39H2,1-3H3,(H,69,70)(H,71,90)(H,72,85)(H,73,91)(H,74,92)(H,86,87)(H,88,89)(H,94,95)/t42-,45-,46-,47-,49-,51+,52+,53+,54?,55+/m1/s1. The number of aliphatic hydroxyl groups excluding tert-OH is 1. The average Bonchev–Trinajstić information content (AvgIpc) is 1.71. The minimum atomic E-state index is -1.62. The van der Waals surface area contributed by atoms with Crippen LogP contribution in [0.25, 0.3) is 0 Å². The summed E-state index contributed by atoms with van der Waals surface area (Å²) in [6, 6.07) is 5.82. The van der Waals surface area contributed by atoms with Crippen LogP contribution in [0.15, 0.2) is 61.1 Å². The number of phenols is 1. The van der Waals surface area contributed by atoms with Crippen molar-refractivity contribution in [3.8, 4) is 5.75 Å². The van der Waals surface area contributed by atoms with E-state index in [2.05, 4.69) is 41.0 Å². The first kappa shape index (κ1) is 77.4. The third-order valence-electron chi connectivity index (χ3n) is 18.2. The summed E-state index contributed by atoms with van der Waals surface area (Å²) in [4.78, 5) is 171. The SMILES string of the molecule is CC(C)C[C@@H]1CC(=O)[C@H](CC(=O)O)NC(=O)[C@H](Cc2ccc(O)c(Cl)c2)CC(=O)[C@@H]2C[C@@H](O)CN2C(=O)[C@@H](NC(=O)[C@@H](CC(=O)[C@H](Cc2ccccc2)NC(=O)CCC(C(=O)O)N2CCCN3CCN(CCCN(CC(=O)O)CC3)CC2)Cc2cnc[nH]2)CSSC[C@@H](C)NC1=O. The van der Waals surface area contributed by atoms with E-state index in [1.54, 1.807) is 37.3 Å². The number of imidazole rings is 1. The third kappa shape index (κ3) is 25.1. The maximum absolute atomic E-state index is 15.2. The molecular formula is C67H94ClN11O16S2. The number of ketones is 3. The van der Waals surface area contributed by atoms with Crippen LogP contribution in [0, 0.1) is 23.7 Å². The van der Waals surface area contributed by atoms with E-state index in [1.165, 1.54) is 41.5 Å². The fourth-order valence-corrected chi connectivity index (χ4v) is 15.7. The number of carboxylic acid groups (broad SMARTS) is 3. The largest absolute Gasteiger partial charge is 0.506 e. The van der Waals surface area contributed by atoms with Crippen molar-refractivity contribution in [3.63, 3.8) is 0 Å². The molecule has 5 heterocycles. The Labute approximate surface area is 578 Å². The summed E-state index contributed by atoms with van der Waals surface area (Å²) in [6.45, 7) is 11.2. The van der Waals surface area contributed by atoms with Gasteiger partial charge in [0.05, 0.1) is 54.5 Å². The number of carboxylic acids is 3. The minimum absolute atomic E-state index is 0.00384. The number of aliphatic carboxylic acids is 3. The zero-order chi connectivity index (χ0) is 70.3. The highest BCUT2D eigenvalue weighted by molar-refractivity contribution is 8.76. The van der Waals surface area contributed by atoms with E-state index in [1.807, 2.05) is 23.6 Å². The molecule has 5 amide bonds. The lowest BCUT2D eigenvalue weighted by atomic mass is 9.88. The molecular weight excluding hydrogens is 1310 g/mol. The summed E-state index contributed by atoms with van der Waals surface area (Å²) in [6.07, 6.45) is -0.0400. The van der Waals surface area contributed by atoms with E-state index in [4.69, 9.17) is 11.6 Å². The fraction of sp³-hybridized carbons (Fsp3) is 0.612. The number of aliphatic hydroxyl groups is 1. The molecule has 12 atom stereocenters. The number of aromatic nitrogens is 2. The molecule has 4 aliphatic rings. The average molecular weight is 1410 g/mol. The molecule has 2 bridgehead atoms. The van der Waals surface area contributed by atoms with Gasteiger partial charge in [0, 0.05) is 139 Å². The number of benzene rings is 2. The Morgan fingerprint density at radius 1 is 0.773 bits per heavy atom. The van der Waals surface area contributed by atoms with Crippen molar-refractivity contribution in [1.82, 2.24) is 55.7 Å². The summed E-state index contributed by atoms with van der Waals surface area (Å²) in [5.74, 6) is -12.6. The smallest absolute Gasteiger partial charge is 0.320 e. The second-order valence-corrected chi connectivity index (χ2v) is 29.4. The lowest BCUT2D eigenvalue weighted by Gasteiger charge is -2.37. The molecule has 0 saturated carbocycles. The van der Waals surface area contributed by atoms with Gasteiger partial charge in [0.2, 0.25) is 29.5 Å². The van der Waals surface area contributed by atoms with Gasteiger partial charge in [-0.2, -0.15) is 0 Å². The van der Waals surface area contributed by atoms with E-state index >= 15 is 9.59 Å². The van der Waals surface area contributed by atoms with Crippen LogP contribution in [0.3, 0.4) is 0 Å². The van der Waals surface area contributed by atoms with Gasteiger partial charge < -0.3 is 66.5 Å². The second-order valence-electron chi connectivity index (χ2n) is 26.4. The van der Waals surface area contributed by atoms with Crippen molar-refractivity contribution >= 4 is 98.0 Å². The number of nitrogens with one attached hydrogen (secondary N) is 5. The van der Waals surface area contributed by atoms with Crippen molar-refractivity contribution in [2.45, 2.75) is 147 Å². The number of H-pyrrole nitrogens is 1. The number of Topliss-reactive ketones (excluding diaryl/α,β-unsaturated/α-hetero) is 3. The van der Waals surface area contributed by atoms with Gasteiger partial charge in [0.25, 0.3) is 0 Å². The first-order valence-corrected chi connectivity index (χ1v) is 36.2. The maximum atomic E-state index is 15.2. The van der Waals surface area contributed by atoms with Crippen LogP contribution in [0.5, 0.6) is 5.75 Å². The lowest BCUT2D eigenvalue weighted by Crippen LogP contribution is -2.54. The molecule has 2 aromatic carbocycles. The Kier molecular flexibility index (Phi) is 30.6. The lowest BCUT2D eigenvalue weighted by molar-refractivity contribution is -0.144. The van der Waals surface area contributed by atoms with Crippen molar-refractivity contribution in [3.05, 3.63) is 82.9 Å². The van der Waals surface area contributed by atoms with E-state index in [0.29, 0.717) is 75.6 Å². The summed E-state index contributed by atoms with van der Waals surface area (Å²) < 4.78 is 0. The molecule has 97 heavy (non-hydrogen) atoms. The first-order valence-electron chi connectivity index (χ1n) is 33.4. The van der Waals surface area contributed by atoms with Gasteiger partial charge in [-0.3, -0.25) is 62.5 Å². The number of phenolic OH excluding ortho intramolecular Hbond substituents is 1. The van der Waals surface area contributed by atoms with E-state index in [0.717, 1.165) is 35.2 Å². The number of hydrogen-bond acceptors (Lipinski definition) is 20. The van der Waals surface area contributed by atoms with Crippen molar-refractivity contribution in [2.24, 2.45) is 23.7 Å². The Hall–Kier alpha value is -6.99. The Balaban J connectivity index is 1.13. The predicted molar refractivity (Wildman–Crippen MR) is 363 cm³/mol. The number of aromatic amines is 1. The number of amides is 5. The molecule has 4 saturated heterocycles. The molecule has 3 unspecified atom stereocenters. The van der Waals surface area contributed by atoms with Crippen LogP contribution >= 0.6 is 33.2 Å². The number of aromatic hydroxyl groups is 1. The molecule has 3 aromatic rings. The molecule has 27 nitrogen and oxygen atoms in total. The van der Waals surface area contributed by atoms with Crippen molar-refractivity contribution < 1.29 is 78.3 Å². The number of halogens is 1. The first-order chi connectivity index (χ1) is 46.3. The quantitative estimate of drug-likeness (QED) is 0.0610. The fourth-order valence-electron chi connectivity index (χ4n) is 13.0. The number of carbonyl (C=O) groups excluding carboxylic acids is 8. The highest BCUT2D eigenvalue weighted by Crippen LogP contribution is 2.31. The van der Waals surface area contributed by atoms with E-state index in [-0.39, 0.29) is 86.2 Å². The Morgan fingerprint density at radius 2 is 1.45 bits per heavy atom. The molecule has 0 radical (unpaired) electrons. The van der Waals surface area contributed by atoms with Crippen LogP contribution in [-0.4, -0.2) is 257 Å². The summed E-state index contributed by atoms with van der Waals surface area (Å²) >= 11 is 6.28. The van der Waals surface area contributed by atoms with E-state index in [9.17, 15) is 68.7 Å². The summed E-state index contributed by atoms with van der Waals surface area (Å²) in [5.41, 5.74) is 1.50. The normalized spacial score (nSPS) is 25.4. The molecule has 4 fully saturated rings. The second kappa shape index (κ2) is 38.4. The predicted octanol–water partition coefficient (Wildman–Crippen LogP) is 2.69. The summed E-state index contributed by atoms with van der Waals surface area (Å²) in [7, 11) is 2.42. The number of fused-ring (bicyclic) bond motifs is 4. The summed E-state index contributed by atoms with van der Waals surface area (Å²) in [5, 5.41) is 62.9. The van der Waals surface area contributed by atoms with Crippen LogP contribution in [0.1, 0.15) is 102 Å². The zero-order valence-corrected chi connectivity index (χ0v) is 57.7. The Morgan fingerprint density at radius 3 is 2.12 bits per heavy atom. The van der Waals surface area contributed by atoms with Gasteiger partial charge in [-0.1, -0.05) is 83.4 Å². The van der Waals surface area contributed by atoms with Gasteiger partial charge >= 0.3 is 17.9 Å². The van der Waals surface area contributed by atoms with Crippen molar-refractivity contribution in [2.75, 3.05) is 90.0 Å². The monoisotopic (exact) mass is 1410 g/mol. The van der Waals surface area contributed by atoms with Gasteiger partial charge in [0.15, 0.2) is 17.3 Å². The van der Waals surface area contributed by atoms with Gasteiger partial charge in [-0.05, 0) is 87.7 Å². The number of rotatable bonds is 23. The van der Waals surface area contributed by atoms with Gasteiger partial charge in [-0.25, -0.2) is 4.98 Å². The van der Waals surface area contributed by atoms with Gasteiger partial charge in [-0.15, -0.1) is 0 Å². The Bertz CT molecular complexity index is 3190. The van der Waals surface area contributed by atoms with Crippen molar-refractivity contribution in [1.29, 1.82) is 0 Å². The highest BCUT2D eigenvalue weighted by Gasteiger charge is 2.44. The number of carbonyl (C=O) groups is 11. The van der Waals surface area contributed by atoms with Gasteiger partial charge in [0.1, 0.15) is 17.8 Å².